The summed E-state index contributed by atoms with van der Waals surface area (Å²) in [6.07, 6.45) is 4.32. The van der Waals surface area contributed by atoms with Crippen molar-refractivity contribution in [3.8, 4) is 0 Å². The van der Waals surface area contributed by atoms with Crippen molar-refractivity contribution in [1.29, 1.82) is 0 Å². The summed E-state index contributed by atoms with van der Waals surface area (Å²) in [4.78, 5) is 30.7. The fourth-order valence-electron chi connectivity index (χ4n) is 3.70. The van der Waals surface area contributed by atoms with E-state index in [9.17, 15) is 18.0 Å². The molecule has 9 heteroatoms. The molecule has 4 rings (SSSR count). The van der Waals surface area contributed by atoms with Gasteiger partial charge >= 0.3 is 0 Å². The van der Waals surface area contributed by atoms with E-state index in [0.29, 0.717) is 30.8 Å². The van der Waals surface area contributed by atoms with Crippen LogP contribution in [0.3, 0.4) is 0 Å². The van der Waals surface area contributed by atoms with Crippen molar-refractivity contribution >= 4 is 27.5 Å². The SMILES string of the molecule is O=C(NC(CN1CCCC1=O)c1ccccc1)c1ccc(S(=O)(=O)Nc2ccncc2)cc1. The zero-order valence-corrected chi connectivity index (χ0v) is 18.7. The molecule has 1 aliphatic rings. The molecule has 0 radical (unpaired) electrons. The van der Waals surface area contributed by atoms with Gasteiger partial charge in [0.1, 0.15) is 0 Å². The van der Waals surface area contributed by atoms with Crippen LogP contribution in [0.1, 0.15) is 34.8 Å². The molecule has 3 aromatic rings. The molecular formula is C24H24N4O4S. The predicted octanol–water partition coefficient (Wildman–Crippen LogP) is 2.98. The summed E-state index contributed by atoms with van der Waals surface area (Å²) in [5.41, 5.74) is 1.62. The first kappa shape index (κ1) is 22.5. The van der Waals surface area contributed by atoms with Crippen LogP contribution in [0.15, 0.2) is 84.0 Å². The standard InChI is InChI=1S/C24H24N4O4S/c29-23-7-4-16-28(23)17-22(18-5-2-1-3-6-18)26-24(30)19-8-10-21(11-9-19)33(31,32)27-20-12-14-25-15-13-20/h1-3,5-6,8-15,22H,4,7,16-17H2,(H,25,27)(H,26,30). The summed E-state index contributed by atoms with van der Waals surface area (Å²) >= 11 is 0. The lowest BCUT2D eigenvalue weighted by Crippen LogP contribution is -2.38. The summed E-state index contributed by atoms with van der Waals surface area (Å²) in [6.45, 7) is 1.06. The van der Waals surface area contributed by atoms with E-state index in [1.165, 1.54) is 36.7 Å². The Hall–Kier alpha value is -3.72. The maximum atomic E-state index is 12.9. The monoisotopic (exact) mass is 464 g/mol. The molecule has 2 N–H and O–H groups in total. The van der Waals surface area contributed by atoms with Gasteiger partial charge in [0.2, 0.25) is 5.91 Å². The second-order valence-corrected chi connectivity index (χ2v) is 9.43. The number of carbonyl (C=O) groups excluding carboxylic acids is 2. The highest BCUT2D eigenvalue weighted by molar-refractivity contribution is 7.92. The molecule has 1 fully saturated rings. The Kier molecular flexibility index (Phi) is 6.69. The van der Waals surface area contributed by atoms with Gasteiger partial charge in [-0.15, -0.1) is 0 Å². The molecule has 0 spiro atoms. The van der Waals surface area contributed by atoms with Gasteiger partial charge in [0.25, 0.3) is 15.9 Å². The van der Waals surface area contributed by atoms with Gasteiger partial charge in [-0.05, 0) is 48.4 Å². The number of carbonyl (C=O) groups is 2. The summed E-state index contributed by atoms with van der Waals surface area (Å²) in [5.74, 6) is -0.261. The molecule has 1 aromatic heterocycles. The van der Waals surface area contributed by atoms with Crippen LogP contribution in [0.25, 0.3) is 0 Å². The fraction of sp³-hybridized carbons (Fsp3) is 0.208. The molecule has 1 unspecified atom stereocenters. The van der Waals surface area contributed by atoms with Gasteiger partial charge in [-0.2, -0.15) is 0 Å². The van der Waals surface area contributed by atoms with Gasteiger partial charge in [-0.3, -0.25) is 19.3 Å². The van der Waals surface area contributed by atoms with Crippen LogP contribution in [-0.4, -0.2) is 43.2 Å². The maximum Gasteiger partial charge on any atom is 0.261 e. The summed E-state index contributed by atoms with van der Waals surface area (Å²) in [6, 6.07) is 17.9. The number of rotatable bonds is 8. The number of amides is 2. The van der Waals surface area contributed by atoms with Crippen LogP contribution in [-0.2, 0) is 14.8 Å². The van der Waals surface area contributed by atoms with Crippen molar-refractivity contribution in [3.05, 3.63) is 90.3 Å². The van der Waals surface area contributed by atoms with E-state index in [1.54, 1.807) is 17.0 Å². The molecule has 1 atom stereocenters. The smallest absolute Gasteiger partial charge is 0.261 e. The Morgan fingerprint density at radius 2 is 1.70 bits per heavy atom. The minimum absolute atomic E-state index is 0.0399. The second-order valence-electron chi connectivity index (χ2n) is 7.75. The third-order valence-corrected chi connectivity index (χ3v) is 6.84. The van der Waals surface area contributed by atoms with E-state index in [4.69, 9.17) is 0 Å². The van der Waals surface area contributed by atoms with Crippen LogP contribution < -0.4 is 10.0 Å². The molecule has 8 nitrogen and oxygen atoms in total. The Morgan fingerprint density at radius 3 is 2.33 bits per heavy atom. The second kappa shape index (κ2) is 9.83. The largest absolute Gasteiger partial charge is 0.343 e. The van der Waals surface area contributed by atoms with Crippen molar-refractivity contribution in [1.82, 2.24) is 15.2 Å². The third-order valence-electron chi connectivity index (χ3n) is 5.44. The quantitative estimate of drug-likeness (QED) is 0.533. The van der Waals surface area contributed by atoms with Crippen molar-refractivity contribution in [3.63, 3.8) is 0 Å². The molecule has 0 bridgehead atoms. The summed E-state index contributed by atoms with van der Waals surface area (Å²) < 4.78 is 27.7. The zero-order chi connectivity index (χ0) is 23.3. The number of likely N-dealkylation sites (tertiary alicyclic amines) is 1. The number of benzene rings is 2. The number of nitrogens with zero attached hydrogens (tertiary/aromatic N) is 2. The number of aromatic nitrogens is 1. The van der Waals surface area contributed by atoms with Gasteiger partial charge in [0.05, 0.1) is 16.6 Å². The number of sulfonamides is 1. The number of hydrogen-bond acceptors (Lipinski definition) is 5. The van der Waals surface area contributed by atoms with Crippen molar-refractivity contribution < 1.29 is 18.0 Å². The van der Waals surface area contributed by atoms with Gasteiger partial charge < -0.3 is 10.2 Å². The highest BCUT2D eigenvalue weighted by Gasteiger charge is 2.25. The van der Waals surface area contributed by atoms with Crippen molar-refractivity contribution in [2.75, 3.05) is 17.8 Å². The molecule has 170 valence electrons. The first-order valence-electron chi connectivity index (χ1n) is 10.6. The lowest BCUT2D eigenvalue weighted by atomic mass is 10.1. The normalized spacial score (nSPS) is 14.7. The molecule has 2 heterocycles. The van der Waals surface area contributed by atoms with Crippen LogP contribution in [0.2, 0.25) is 0 Å². The highest BCUT2D eigenvalue weighted by atomic mass is 32.2. The molecule has 0 saturated carbocycles. The van der Waals surface area contributed by atoms with E-state index in [-0.39, 0.29) is 22.8 Å². The first-order valence-corrected chi connectivity index (χ1v) is 12.1. The average Bonchev–Trinajstić information content (AvgIpc) is 3.24. The summed E-state index contributed by atoms with van der Waals surface area (Å²) in [5, 5.41) is 2.99. The highest BCUT2D eigenvalue weighted by Crippen LogP contribution is 2.20. The van der Waals surface area contributed by atoms with E-state index in [1.807, 2.05) is 30.3 Å². The van der Waals surface area contributed by atoms with E-state index < -0.39 is 10.0 Å². The lowest BCUT2D eigenvalue weighted by Gasteiger charge is -2.25. The molecule has 1 aliphatic heterocycles. The maximum absolute atomic E-state index is 12.9. The number of pyridine rings is 1. The number of anilines is 1. The zero-order valence-electron chi connectivity index (χ0n) is 17.8. The van der Waals surface area contributed by atoms with Crippen LogP contribution in [0, 0.1) is 0 Å². The minimum atomic E-state index is -3.80. The van der Waals surface area contributed by atoms with E-state index in [0.717, 1.165) is 12.0 Å². The minimum Gasteiger partial charge on any atom is -0.343 e. The van der Waals surface area contributed by atoms with Crippen molar-refractivity contribution in [2.45, 2.75) is 23.8 Å². The summed E-state index contributed by atoms with van der Waals surface area (Å²) in [7, 11) is -3.80. The Balaban J connectivity index is 1.48. The first-order chi connectivity index (χ1) is 15.9. The number of nitrogens with one attached hydrogen (secondary N) is 2. The molecule has 2 amide bonds. The predicted molar refractivity (Wildman–Crippen MR) is 124 cm³/mol. The topological polar surface area (TPSA) is 108 Å². The Morgan fingerprint density at radius 1 is 1.00 bits per heavy atom. The van der Waals surface area contributed by atoms with E-state index in [2.05, 4.69) is 15.0 Å². The van der Waals surface area contributed by atoms with Gasteiger partial charge in [-0.1, -0.05) is 30.3 Å². The van der Waals surface area contributed by atoms with Crippen LogP contribution in [0.5, 0.6) is 0 Å². The van der Waals surface area contributed by atoms with Gasteiger partial charge in [0.15, 0.2) is 0 Å². The van der Waals surface area contributed by atoms with E-state index >= 15 is 0 Å². The molecule has 2 aromatic carbocycles. The fourth-order valence-corrected chi connectivity index (χ4v) is 4.76. The third kappa shape index (κ3) is 5.56. The number of hydrogen-bond donors (Lipinski definition) is 2. The Labute approximate surface area is 192 Å². The molecule has 33 heavy (non-hydrogen) atoms. The molecule has 0 aliphatic carbocycles. The van der Waals surface area contributed by atoms with Crippen LogP contribution >= 0.6 is 0 Å². The van der Waals surface area contributed by atoms with Crippen molar-refractivity contribution in [2.24, 2.45) is 0 Å². The lowest BCUT2D eigenvalue weighted by molar-refractivity contribution is -0.128. The van der Waals surface area contributed by atoms with Gasteiger partial charge in [0, 0.05) is 37.5 Å². The average molecular weight is 465 g/mol. The van der Waals surface area contributed by atoms with Gasteiger partial charge in [-0.25, -0.2) is 8.42 Å². The molecule has 1 saturated heterocycles. The van der Waals surface area contributed by atoms with Crippen LogP contribution in [0.4, 0.5) is 5.69 Å². The Bertz CT molecular complexity index is 1220. The molecular weight excluding hydrogens is 440 g/mol.